The van der Waals surface area contributed by atoms with Crippen LogP contribution in [0.2, 0.25) is 0 Å². The third kappa shape index (κ3) is 31.8. The normalized spacial score (nSPS) is 4.33. The summed E-state index contributed by atoms with van der Waals surface area (Å²) >= 11 is -4.08. The Balaban J connectivity index is -0.0000000450. The molecule has 0 radical (unpaired) electrons. The summed E-state index contributed by atoms with van der Waals surface area (Å²) in [4.78, 5) is 0. The molecule has 6 heavy (non-hydrogen) atoms. The van der Waals surface area contributed by atoms with Crippen LogP contribution < -0.4 is 7.38 Å². The van der Waals surface area contributed by atoms with Crippen LogP contribution in [0.25, 0.3) is 0 Å². The molecule has 0 unspecified atom stereocenters. The van der Waals surface area contributed by atoms with E-state index in [-0.39, 0.29) is 60.8 Å². The van der Waals surface area contributed by atoms with E-state index >= 15 is 0 Å². The van der Waals surface area contributed by atoms with Gasteiger partial charge in [-0.3, -0.25) is 0 Å². The van der Waals surface area contributed by atoms with Crippen molar-refractivity contribution in [1.29, 1.82) is 0 Å². The van der Waals surface area contributed by atoms with Gasteiger partial charge in [0.25, 0.3) is 0 Å². The van der Waals surface area contributed by atoms with Crippen LogP contribution >= 0.6 is 0 Å². The van der Waals surface area contributed by atoms with Gasteiger partial charge in [-0.2, -0.15) is 0 Å². The molecule has 0 aromatic heterocycles. The Morgan fingerprint density at radius 1 is 1.33 bits per heavy atom. The SMILES string of the molecule is [Ca+2].[MgH2].[O]=[Ti]([O-])[O-]. The van der Waals surface area contributed by atoms with E-state index in [0.29, 0.717) is 0 Å². The Kier molecular flexibility index (Phi) is 27.5. The summed E-state index contributed by atoms with van der Waals surface area (Å²) in [5.74, 6) is 0. The minimum absolute atomic E-state index is 0. The Bertz CT molecular complexity index is 33.8. The zero-order valence-electron chi connectivity index (χ0n) is 2.43. The van der Waals surface area contributed by atoms with Gasteiger partial charge in [0.05, 0.1) is 0 Å². The molecule has 0 amide bonds. The molecule has 0 aromatic rings. The van der Waals surface area contributed by atoms with Crippen molar-refractivity contribution in [3.05, 3.63) is 0 Å². The van der Waals surface area contributed by atoms with Gasteiger partial charge in [0.1, 0.15) is 0 Å². The number of hydrogen-bond donors (Lipinski definition) is 0. The second-order valence-corrected chi connectivity index (χ2v) is 1.03. The Hall–Kier alpha value is 2.46. The molecule has 0 bridgehead atoms. The van der Waals surface area contributed by atoms with Crippen LogP contribution in [0.4, 0.5) is 0 Å². The second kappa shape index (κ2) is 10.4. The van der Waals surface area contributed by atoms with Gasteiger partial charge in [0, 0.05) is 0 Å². The average molecular weight is 162 g/mol. The molecule has 28 valence electrons. The summed E-state index contributed by atoms with van der Waals surface area (Å²) in [5.41, 5.74) is 0. The third-order valence-corrected chi connectivity index (χ3v) is 0. The van der Waals surface area contributed by atoms with E-state index in [1.165, 1.54) is 0 Å². The topological polar surface area (TPSA) is 63.2 Å². The van der Waals surface area contributed by atoms with E-state index in [1.807, 2.05) is 0 Å². The van der Waals surface area contributed by atoms with Gasteiger partial charge < -0.3 is 0 Å². The van der Waals surface area contributed by atoms with Crippen LogP contribution in [0.5, 0.6) is 0 Å². The van der Waals surface area contributed by atoms with Gasteiger partial charge in [-0.15, -0.1) is 0 Å². The second-order valence-electron chi connectivity index (χ2n) is 0.250. The van der Waals surface area contributed by atoms with E-state index in [0.717, 1.165) is 0 Å². The van der Waals surface area contributed by atoms with Crippen molar-refractivity contribution >= 4 is 60.8 Å². The van der Waals surface area contributed by atoms with Crippen molar-refractivity contribution in [1.82, 2.24) is 0 Å². The molecule has 0 saturated heterocycles. The maximum atomic E-state index is 8.58. The monoisotopic (exact) mass is 162 g/mol. The molecule has 0 heterocycles. The van der Waals surface area contributed by atoms with Crippen molar-refractivity contribution in [3.63, 3.8) is 0 Å². The molecule has 6 heteroatoms. The quantitative estimate of drug-likeness (QED) is 0.343. The fraction of sp³-hybridized carbons (Fsp3) is 0. The molecule has 0 rings (SSSR count). The zero-order chi connectivity index (χ0) is 3.58. The Morgan fingerprint density at radius 2 is 1.33 bits per heavy atom. The zero-order valence-corrected chi connectivity index (χ0v) is 6.20. The van der Waals surface area contributed by atoms with Crippen LogP contribution in [0.3, 0.4) is 0 Å². The van der Waals surface area contributed by atoms with Crippen molar-refractivity contribution in [2.75, 3.05) is 0 Å². The summed E-state index contributed by atoms with van der Waals surface area (Å²) in [7, 11) is 0. The van der Waals surface area contributed by atoms with Crippen LogP contribution in [0.15, 0.2) is 0 Å². The maximum absolute atomic E-state index is 8.58. The predicted octanol–water partition coefficient (Wildman–Crippen LogP) is -3.80. The van der Waals surface area contributed by atoms with E-state index in [4.69, 9.17) is 10.7 Å². The molecule has 0 aromatic carbocycles. The van der Waals surface area contributed by atoms with Crippen LogP contribution in [0.1, 0.15) is 0 Å². The fourth-order valence-corrected chi connectivity index (χ4v) is 0. The predicted molar refractivity (Wildman–Crippen MR) is 15.0 cm³/mol. The van der Waals surface area contributed by atoms with E-state index in [1.54, 1.807) is 0 Å². The molecule has 0 aliphatic heterocycles. The first-order chi connectivity index (χ1) is 1.73. The van der Waals surface area contributed by atoms with Gasteiger partial charge in [0.15, 0.2) is 0 Å². The molecule has 0 aliphatic carbocycles. The van der Waals surface area contributed by atoms with E-state index < -0.39 is 18.6 Å². The average Bonchev–Trinajstić information content (AvgIpc) is 0.811. The Morgan fingerprint density at radius 3 is 1.33 bits per heavy atom. The van der Waals surface area contributed by atoms with Crippen molar-refractivity contribution in [3.8, 4) is 0 Å². The van der Waals surface area contributed by atoms with Gasteiger partial charge in [-0.05, 0) is 0 Å². The van der Waals surface area contributed by atoms with Crippen LogP contribution in [0, 0.1) is 0 Å². The number of rotatable bonds is 0. The van der Waals surface area contributed by atoms with Gasteiger partial charge in [0.2, 0.25) is 0 Å². The molecule has 3 nitrogen and oxygen atoms in total. The first-order valence-corrected chi connectivity index (χ1v) is 2.52. The summed E-state index contributed by atoms with van der Waals surface area (Å²) in [5, 5.41) is 0. The van der Waals surface area contributed by atoms with E-state index in [9.17, 15) is 0 Å². The first-order valence-electron chi connectivity index (χ1n) is 0.612. The molecule has 0 saturated carbocycles. The first kappa shape index (κ1) is 15.8. The van der Waals surface area contributed by atoms with Gasteiger partial charge >= 0.3 is 90.1 Å². The van der Waals surface area contributed by atoms with Crippen molar-refractivity contribution in [2.24, 2.45) is 0 Å². The number of hydrogen-bond acceptors (Lipinski definition) is 3. The van der Waals surface area contributed by atoms with Crippen molar-refractivity contribution < 1.29 is 29.3 Å². The molecule has 0 aliphatic rings. The van der Waals surface area contributed by atoms with Crippen molar-refractivity contribution in [2.45, 2.75) is 0 Å². The molecule has 0 N–H and O–H groups in total. The summed E-state index contributed by atoms with van der Waals surface area (Å²) < 4.78 is 25.8. The van der Waals surface area contributed by atoms with Gasteiger partial charge in [-0.1, -0.05) is 0 Å². The summed E-state index contributed by atoms with van der Waals surface area (Å²) in [6.07, 6.45) is 0. The molecule has 0 fully saturated rings. The minimum atomic E-state index is -4.08. The standard InChI is InChI=1S/Ca.Mg.3O.Ti.2H/q+2;;;2*-1;;;. The molecular weight excluding hydrogens is 160 g/mol. The van der Waals surface area contributed by atoms with Gasteiger partial charge in [-0.25, -0.2) is 0 Å². The summed E-state index contributed by atoms with van der Waals surface area (Å²) in [6.45, 7) is 0. The Labute approximate surface area is 88.4 Å². The summed E-state index contributed by atoms with van der Waals surface area (Å²) in [6, 6.07) is 0. The molecule has 0 spiro atoms. The van der Waals surface area contributed by atoms with Crippen LogP contribution in [-0.2, 0) is 21.9 Å². The third-order valence-electron chi connectivity index (χ3n) is 0. The van der Waals surface area contributed by atoms with E-state index in [2.05, 4.69) is 0 Å². The van der Waals surface area contributed by atoms with Crippen LogP contribution in [-0.4, -0.2) is 60.8 Å². The molecule has 0 atom stereocenters. The molecular formula is H2CaMgO3Ti. The fourth-order valence-electron chi connectivity index (χ4n) is 0.